The van der Waals surface area contributed by atoms with Crippen LogP contribution in [0.1, 0.15) is 32.8 Å². The maximum absolute atomic E-state index is 5.78. The fraction of sp³-hybridized carbons (Fsp3) is 0.571. The van der Waals surface area contributed by atoms with Gasteiger partial charge in [-0.1, -0.05) is 38.5 Å². The van der Waals surface area contributed by atoms with Crippen molar-refractivity contribution in [2.24, 2.45) is 11.7 Å². The predicted octanol–water partition coefficient (Wildman–Crippen LogP) is 3.02. The topological polar surface area (TPSA) is 29.3 Å². The average molecular weight is 220 g/mol. The minimum Gasteiger partial charge on any atom is -0.371 e. The third kappa shape index (κ3) is 3.24. The summed E-state index contributed by atoms with van der Waals surface area (Å²) in [6.45, 7) is 9.52. The molecule has 0 amide bonds. The summed E-state index contributed by atoms with van der Waals surface area (Å²) >= 11 is 0. The average Bonchev–Trinajstić information content (AvgIpc) is 2.35. The molecular formula is C14H24N2. The maximum Gasteiger partial charge on any atom is 0.0411 e. The van der Waals surface area contributed by atoms with Gasteiger partial charge in [0.15, 0.2) is 0 Å². The lowest BCUT2D eigenvalue weighted by molar-refractivity contribution is 0.547. The van der Waals surface area contributed by atoms with Gasteiger partial charge in [-0.05, 0) is 24.5 Å². The van der Waals surface area contributed by atoms with Crippen molar-refractivity contribution in [3.8, 4) is 0 Å². The molecule has 0 aliphatic rings. The van der Waals surface area contributed by atoms with E-state index in [4.69, 9.17) is 5.73 Å². The summed E-state index contributed by atoms with van der Waals surface area (Å²) in [5.74, 6) is 0.728. The van der Waals surface area contributed by atoms with Crippen LogP contribution in [0.15, 0.2) is 24.3 Å². The molecule has 1 rings (SSSR count). The van der Waals surface area contributed by atoms with Gasteiger partial charge in [0.05, 0.1) is 0 Å². The number of hydrogen-bond acceptors (Lipinski definition) is 2. The van der Waals surface area contributed by atoms with Gasteiger partial charge in [0.2, 0.25) is 0 Å². The zero-order chi connectivity index (χ0) is 12.0. The first-order valence-electron chi connectivity index (χ1n) is 6.25. The fourth-order valence-electron chi connectivity index (χ4n) is 1.90. The number of para-hydroxylation sites is 1. The van der Waals surface area contributed by atoms with Gasteiger partial charge in [0, 0.05) is 25.3 Å². The van der Waals surface area contributed by atoms with Crippen LogP contribution in [0.4, 0.5) is 5.69 Å². The number of nitrogens with zero attached hydrogens (tertiary/aromatic N) is 1. The van der Waals surface area contributed by atoms with Crippen LogP contribution in [-0.2, 0) is 6.54 Å². The number of rotatable bonds is 6. The molecule has 90 valence electrons. The van der Waals surface area contributed by atoms with Gasteiger partial charge in [0.1, 0.15) is 0 Å². The molecule has 0 aromatic heterocycles. The Balaban J connectivity index is 2.85. The third-order valence-electron chi connectivity index (χ3n) is 3.16. The zero-order valence-corrected chi connectivity index (χ0v) is 10.7. The van der Waals surface area contributed by atoms with E-state index in [0.29, 0.717) is 6.54 Å². The van der Waals surface area contributed by atoms with Gasteiger partial charge in [-0.15, -0.1) is 0 Å². The van der Waals surface area contributed by atoms with Crippen molar-refractivity contribution in [3.05, 3.63) is 29.8 Å². The molecule has 2 N–H and O–H groups in total. The molecule has 1 aromatic rings. The molecule has 0 saturated carbocycles. The largest absolute Gasteiger partial charge is 0.371 e. The Morgan fingerprint density at radius 1 is 1.25 bits per heavy atom. The van der Waals surface area contributed by atoms with Gasteiger partial charge in [-0.25, -0.2) is 0 Å². The monoisotopic (exact) mass is 220 g/mol. The molecular weight excluding hydrogens is 196 g/mol. The number of benzene rings is 1. The fourth-order valence-corrected chi connectivity index (χ4v) is 1.90. The van der Waals surface area contributed by atoms with E-state index in [1.807, 2.05) is 0 Å². The Bertz CT molecular complexity index is 309. The highest BCUT2D eigenvalue weighted by Gasteiger charge is 2.10. The van der Waals surface area contributed by atoms with Gasteiger partial charge in [-0.3, -0.25) is 0 Å². The molecule has 0 heterocycles. The quantitative estimate of drug-likeness (QED) is 0.798. The Kier molecular flexibility index (Phi) is 5.33. The predicted molar refractivity (Wildman–Crippen MR) is 71.7 cm³/mol. The van der Waals surface area contributed by atoms with Crippen LogP contribution in [0.5, 0.6) is 0 Å². The SMILES string of the molecule is CCC(C)CN(CC)c1ccccc1CN. The highest BCUT2D eigenvalue weighted by atomic mass is 15.1. The second kappa shape index (κ2) is 6.54. The normalized spacial score (nSPS) is 12.5. The summed E-state index contributed by atoms with van der Waals surface area (Å²) in [6.07, 6.45) is 1.22. The van der Waals surface area contributed by atoms with Gasteiger partial charge in [0.25, 0.3) is 0 Å². The lowest BCUT2D eigenvalue weighted by Crippen LogP contribution is -2.29. The van der Waals surface area contributed by atoms with Crippen molar-refractivity contribution in [3.63, 3.8) is 0 Å². The molecule has 0 saturated heterocycles. The van der Waals surface area contributed by atoms with E-state index in [1.54, 1.807) is 0 Å². The minimum absolute atomic E-state index is 0.618. The first kappa shape index (κ1) is 13.0. The molecule has 2 nitrogen and oxygen atoms in total. The van der Waals surface area contributed by atoms with Crippen LogP contribution < -0.4 is 10.6 Å². The lowest BCUT2D eigenvalue weighted by atomic mass is 10.1. The second-order valence-electron chi connectivity index (χ2n) is 4.38. The maximum atomic E-state index is 5.78. The Labute approximate surface area is 99.5 Å². The summed E-state index contributed by atoms with van der Waals surface area (Å²) in [5.41, 5.74) is 8.32. The van der Waals surface area contributed by atoms with Crippen LogP contribution in [-0.4, -0.2) is 13.1 Å². The van der Waals surface area contributed by atoms with Crippen LogP contribution in [0.25, 0.3) is 0 Å². The molecule has 0 aliphatic carbocycles. The van der Waals surface area contributed by atoms with E-state index in [2.05, 4.69) is 49.9 Å². The molecule has 1 aromatic carbocycles. The van der Waals surface area contributed by atoms with Crippen LogP contribution in [0, 0.1) is 5.92 Å². The Morgan fingerprint density at radius 3 is 2.50 bits per heavy atom. The Hall–Kier alpha value is -1.02. The summed E-state index contributed by atoms with van der Waals surface area (Å²) < 4.78 is 0. The van der Waals surface area contributed by atoms with Gasteiger partial charge in [-0.2, -0.15) is 0 Å². The van der Waals surface area contributed by atoms with E-state index < -0.39 is 0 Å². The van der Waals surface area contributed by atoms with Crippen molar-refractivity contribution in [1.29, 1.82) is 0 Å². The molecule has 0 bridgehead atoms. The molecule has 1 atom stereocenters. The number of hydrogen-bond donors (Lipinski definition) is 1. The standard InChI is InChI=1S/C14H24N2/c1-4-12(3)11-16(5-2)14-9-7-6-8-13(14)10-15/h6-9,12H,4-5,10-11,15H2,1-3H3. The van der Waals surface area contributed by atoms with Crippen molar-refractivity contribution in [1.82, 2.24) is 0 Å². The van der Waals surface area contributed by atoms with E-state index in [1.165, 1.54) is 17.7 Å². The van der Waals surface area contributed by atoms with Gasteiger partial charge >= 0.3 is 0 Å². The van der Waals surface area contributed by atoms with E-state index in [0.717, 1.165) is 19.0 Å². The number of nitrogens with two attached hydrogens (primary N) is 1. The van der Waals surface area contributed by atoms with Crippen LogP contribution in [0.2, 0.25) is 0 Å². The molecule has 1 unspecified atom stereocenters. The van der Waals surface area contributed by atoms with Crippen molar-refractivity contribution >= 4 is 5.69 Å². The van der Waals surface area contributed by atoms with Crippen molar-refractivity contribution in [2.75, 3.05) is 18.0 Å². The molecule has 2 heteroatoms. The second-order valence-corrected chi connectivity index (χ2v) is 4.38. The minimum atomic E-state index is 0.618. The van der Waals surface area contributed by atoms with Crippen molar-refractivity contribution in [2.45, 2.75) is 33.7 Å². The smallest absolute Gasteiger partial charge is 0.0411 e. The molecule has 0 spiro atoms. The molecule has 0 radical (unpaired) electrons. The number of anilines is 1. The summed E-state index contributed by atoms with van der Waals surface area (Å²) in [6, 6.07) is 8.44. The Morgan fingerprint density at radius 2 is 1.94 bits per heavy atom. The zero-order valence-electron chi connectivity index (χ0n) is 10.7. The lowest BCUT2D eigenvalue weighted by Gasteiger charge is -2.28. The van der Waals surface area contributed by atoms with E-state index in [-0.39, 0.29) is 0 Å². The summed E-state index contributed by atoms with van der Waals surface area (Å²) in [7, 11) is 0. The van der Waals surface area contributed by atoms with E-state index in [9.17, 15) is 0 Å². The molecule has 16 heavy (non-hydrogen) atoms. The third-order valence-corrected chi connectivity index (χ3v) is 3.16. The van der Waals surface area contributed by atoms with Gasteiger partial charge < -0.3 is 10.6 Å². The molecule has 0 fully saturated rings. The highest BCUT2D eigenvalue weighted by Crippen LogP contribution is 2.21. The summed E-state index contributed by atoms with van der Waals surface area (Å²) in [4.78, 5) is 2.43. The van der Waals surface area contributed by atoms with Crippen LogP contribution >= 0.6 is 0 Å². The van der Waals surface area contributed by atoms with Crippen molar-refractivity contribution < 1.29 is 0 Å². The van der Waals surface area contributed by atoms with Crippen LogP contribution in [0.3, 0.4) is 0 Å². The summed E-state index contributed by atoms with van der Waals surface area (Å²) in [5, 5.41) is 0. The first-order chi connectivity index (χ1) is 7.72. The highest BCUT2D eigenvalue weighted by molar-refractivity contribution is 5.53. The van der Waals surface area contributed by atoms with E-state index >= 15 is 0 Å². The first-order valence-corrected chi connectivity index (χ1v) is 6.25. The molecule has 0 aliphatic heterocycles.